The summed E-state index contributed by atoms with van der Waals surface area (Å²) in [7, 11) is 0. The van der Waals surface area contributed by atoms with Crippen LogP contribution in [0.2, 0.25) is 0 Å². The van der Waals surface area contributed by atoms with Crippen molar-refractivity contribution in [2.45, 2.75) is 0 Å². The molecule has 0 atom stereocenters. The first-order valence-electron chi connectivity index (χ1n) is 9.15. The van der Waals surface area contributed by atoms with E-state index in [0.717, 1.165) is 0 Å². The first kappa shape index (κ1) is 17.9. The van der Waals surface area contributed by atoms with Crippen LogP contribution in [0.3, 0.4) is 0 Å². The number of hydrogen-bond donors (Lipinski definition) is 1. The summed E-state index contributed by atoms with van der Waals surface area (Å²) in [6.07, 6.45) is 0. The predicted molar refractivity (Wildman–Crippen MR) is 107 cm³/mol. The first-order valence-corrected chi connectivity index (χ1v) is 9.15. The van der Waals surface area contributed by atoms with Gasteiger partial charge in [0.25, 0.3) is 5.91 Å². The minimum absolute atomic E-state index is 0.204. The van der Waals surface area contributed by atoms with Crippen LogP contribution in [0.5, 0.6) is 0 Å². The Kier molecular flexibility index (Phi) is 5.14. The monoisotopic (exact) mass is 377 g/mol. The van der Waals surface area contributed by atoms with Gasteiger partial charge in [0.2, 0.25) is 0 Å². The Morgan fingerprint density at radius 1 is 0.821 bits per heavy atom. The van der Waals surface area contributed by atoms with Crippen LogP contribution in [-0.2, 0) is 0 Å². The van der Waals surface area contributed by atoms with Gasteiger partial charge in [0.05, 0.1) is 5.69 Å². The summed E-state index contributed by atoms with van der Waals surface area (Å²) in [5.41, 5.74) is 1.60. The fraction of sp³-hybridized carbons (Fsp3) is 0.190. The average molecular weight is 377 g/mol. The largest absolute Gasteiger partial charge is 0.366 e. The highest BCUT2D eigenvalue weighted by Gasteiger charge is 2.20. The third-order valence-electron chi connectivity index (χ3n) is 4.71. The fourth-order valence-electron chi connectivity index (χ4n) is 3.22. The molecule has 0 unspecified atom stereocenters. The van der Waals surface area contributed by atoms with E-state index in [0.29, 0.717) is 43.4 Å². The van der Waals surface area contributed by atoms with Crippen LogP contribution in [0.15, 0.2) is 66.7 Å². The van der Waals surface area contributed by atoms with Crippen molar-refractivity contribution in [2.24, 2.45) is 0 Å². The van der Waals surface area contributed by atoms with Crippen molar-refractivity contribution < 1.29 is 9.18 Å². The van der Waals surface area contributed by atoms with E-state index in [9.17, 15) is 9.18 Å². The van der Waals surface area contributed by atoms with E-state index < -0.39 is 0 Å². The molecule has 1 N–H and O–H groups in total. The lowest BCUT2D eigenvalue weighted by molar-refractivity contribution is 0.102. The second-order valence-electron chi connectivity index (χ2n) is 6.52. The van der Waals surface area contributed by atoms with E-state index >= 15 is 0 Å². The zero-order chi connectivity index (χ0) is 19.3. The highest BCUT2D eigenvalue weighted by molar-refractivity contribution is 6.02. The van der Waals surface area contributed by atoms with Crippen molar-refractivity contribution >= 4 is 23.1 Å². The number of nitrogens with one attached hydrogen (secondary N) is 1. The molecule has 0 spiro atoms. The molecule has 0 bridgehead atoms. The number of aromatic nitrogens is 2. The van der Waals surface area contributed by atoms with Gasteiger partial charge < -0.3 is 15.1 Å². The zero-order valence-corrected chi connectivity index (χ0v) is 15.3. The maximum Gasteiger partial charge on any atom is 0.276 e. The van der Waals surface area contributed by atoms with E-state index in [-0.39, 0.29) is 17.4 Å². The number of rotatable bonds is 4. The third kappa shape index (κ3) is 3.93. The quantitative estimate of drug-likeness (QED) is 0.757. The number of anilines is 3. The van der Waals surface area contributed by atoms with E-state index in [1.54, 1.807) is 24.3 Å². The standard InChI is InChI=1S/C21H20FN5O/c22-17-8-4-5-9-19(17)26-12-14-27(15-13-26)20-11-10-18(24-25-20)21(28)23-16-6-2-1-3-7-16/h1-11H,12-15H2,(H,23,28). The van der Waals surface area contributed by atoms with E-state index in [2.05, 4.69) is 20.4 Å². The maximum absolute atomic E-state index is 14.0. The van der Waals surface area contributed by atoms with Crippen LogP contribution in [-0.4, -0.2) is 42.3 Å². The number of piperazine rings is 1. The number of amides is 1. The van der Waals surface area contributed by atoms with Crippen LogP contribution in [0.1, 0.15) is 10.5 Å². The van der Waals surface area contributed by atoms with Crippen LogP contribution >= 0.6 is 0 Å². The molecule has 1 fully saturated rings. The van der Waals surface area contributed by atoms with Gasteiger partial charge in [-0.15, -0.1) is 10.2 Å². The lowest BCUT2D eigenvalue weighted by Gasteiger charge is -2.36. The molecule has 7 heteroatoms. The molecule has 2 aromatic carbocycles. The Morgan fingerprint density at radius 3 is 2.18 bits per heavy atom. The molecule has 4 rings (SSSR count). The molecule has 1 aromatic heterocycles. The molecular weight excluding hydrogens is 357 g/mol. The van der Waals surface area contributed by atoms with Crippen molar-refractivity contribution in [3.8, 4) is 0 Å². The van der Waals surface area contributed by atoms with Crippen molar-refractivity contribution in [3.63, 3.8) is 0 Å². The molecule has 1 aliphatic rings. The molecule has 1 saturated heterocycles. The van der Waals surface area contributed by atoms with Gasteiger partial charge in [-0.1, -0.05) is 30.3 Å². The van der Waals surface area contributed by atoms with E-state index in [1.165, 1.54) is 6.07 Å². The summed E-state index contributed by atoms with van der Waals surface area (Å²) in [5, 5.41) is 11.1. The summed E-state index contributed by atoms with van der Waals surface area (Å²) < 4.78 is 14.0. The SMILES string of the molecule is O=C(Nc1ccccc1)c1ccc(N2CCN(c3ccccc3F)CC2)nn1. The molecule has 142 valence electrons. The van der Waals surface area contributed by atoms with Crippen molar-refractivity contribution in [3.05, 3.63) is 78.2 Å². The second-order valence-corrected chi connectivity index (χ2v) is 6.52. The molecule has 3 aromatic rings. The Bertz CT molecular complexity index is 941. The minimum atomic E-state index is -0.297. The van der Waals surface area contributed by atoms with Crippen molar-refractivity contribution in [1.82, 2.24) is 10.2 Å². The molecular formula is C21H20FN5O. The number of carbonyl (C=O) groups excluding carboxylic acids is 1. The summed E-state index contributed by atoms with van der Waals surface area (Å²) in [4.78, 5) is 16.4. The summed E-state index contributed by atoms with van der Waals surface area (Å²) in [6.45, 7) is 2.80. The lowest BCUT2D eigenvalue weighted by Crippen LogP contribution is -2.47. The van der Waals surface area contributed by atoms with Gasteiger partial charge in [0.1, 0.15) is 5.82 Å². The van der Waals surface area contributed by atoms with Crippen LogP contribution in [0.25, 0.3) is 0 Å². The van der Waals surface area contributed by atoms with Gasteiger partial charge in [-0.05, 0) is 36.4 Å². The molecule has 0 aliphatic carbocycles. The van der Waals surface area contributed by atoms with Crippen LogP contribution in [0.4, 0.5) is 21.6 Å². The van der Waals surface area contributed by atoms with Crippen LogP contribution in [0, 0.1) is 5.82 Å². The maximum atomic E-state index is 14.0. The number of halogens is 1. The molecule has 28 heavy (non-hydrogen) atoms. The third-order valence-corrected chi connectivity index (χ3v) is 4.71. The smallest absolute Gasteiger partial charge is 0.276 e. The lowest BCUT2D eigenvalue weighted by atomic mass is 10.2. The molecule has 6 nitrogen and oxygen atoms in total. The van der Waals surface area contributed by atoms with Crippen molar-refractivity contribution in [1.29, 1.82) is 0 Å². The van der Waals surface area contributed by atoms with Crippen LogP contribution < -0.4 is 15.1 Å². The van der Waals surface area contributed by atoms with Crippen molar-refractivity contribution in [2.75, 3.05) is 41.3 Å². The van der Waals surface area contributed by atoms with Gasteiger partial charge in [-0.3, -0.25) is 4.79 Å². The number of benzene rings is 2. The van der Waals surface area contributed by atoms with E-state index in [1.807, 2.05) is 41.3 Å². The van der Waals surface area contributed by atoms with Gasteiger partial charge in [0.15, 0.2) is 11.5 Å². The number of nitrogens with zero attached hydrogens (tertiary/aromatic N) is 4. The number of hydrogen-bond acceptors (Lipinski definition) is 5. The molecule has 1 amide bonds. The van der Waals surface area contributed by atoms with Gasteiger partial charge >= 0.3 is 0 Å². The normalized spacial score (nSPS) is 14.0. The Balaban J connectivity index is 1.37. The topological polar surface area (TPSA) is 61.4 Å². The Morgan fingerprint density at radius 2 is 1.50 bits per heavy atom. The predicted octanol–water partition coefficient (Wildman–Crippen LogP) is 3.19. The fourth-order valence-corrected chi connectivity index (χ4v) is 3.22. The van der Waals surface area contributed by atoms with E-state index in [4.69, 9.17) is 0 Å². The molecule has 0 radical (unpaired) electrons. The number of carbonyl (C=O) groups is 1. The first-order chi connectivity index (χ1) is 13.7. The van der Waals surface area contributed by atoms with Gasteiger partial charge in [-0.2, -0.15) is 0 Å². The molecule has 2 heterocycles. The Labute approximate surface area is 162 Å². The molecule has 1 aliphatic heterocycles. The Hall–Kier alpha value is -3.48. The van der Waals surface area contributed by atoms with Gasteiger partial charge in [0, 0.05) is 31.9 Å². The second kappa shape index (κ2) is 8.04. The average Bonchev–Trinajstić information content (AvgIpc) is 2.75. The molecule has 0 saturated carbocycles. The zero-order valence-electron chi connectivity index (χ0n) is 15.3. The highest BCUT2D eigenvalue weighted by atomic mass is 19.1. The summed E-state index contributed by atoms with van der Waals surface area (Å²) in [5.74, 6) is 0.212. The number of para-hydroxylation sites is 2. The summed E-state index contributed by atoms with van der Waals surface area (Å²) >= 11 is 0. The summed E-state index contributed by atoms with van der Waals surface area (Å²) in [6, 6.07) is 19.5. The highest BCUT2D eigenvalue weighted by Crippen LogP contribution is 2.21. The minimum Gasteiger partial charge on any atom is -0.366 e. The van der Waals surface area contributed by atoms with Gasteiger partial charge in [-0.25, -0.2) is 4.39 Å².